The van der Waals surface area contributed by atoms with Crippen molar-refractivity contribution in [2.75, 3.05) is 20.8 Å². The molecule has 0 fully saturated rings. The first-order valence-corrected chi connectivity index (χ1v) is 7.07. The van der Waals surface area contributed by atoms with Crippen LogP contribution in [0, 0.1) is 0 Å². The summed E-state index contributed by atoms with van der Waals surface area (Å²) in [5.41, 5.74) is -1.54. The number of ether oxygens (including phenoxy) is 3. The number of hydrogen-bond donors (Lipinski definition) is 0. The molecule has 0 saturated heterocycles. The highest BCUT2D eigenvalue weighted by molar-refractivity contribution is 5.75. The molecule has 0 saturated carbocycles. The summed E-state index contributed by atoms with van der Waals surface area (Å²) >= 11 is 0. The molecule has 0 unspecified atom stereocenters. The molecular weight excluding hydrogens is 290 g/mol. The van der Waals surface area contributed by atoms with Gasteiger partial charge in [0.15, 0.2) is 0 Å². The number of nitrogens with zero attached hydrogens (tertiary/aromatic N) is 1. The van der Waals surface area contributed by atoms with E-state index in [1.165, 1.54) is 19.1 Å². The van der Waals surface area contributed by atoms with Gasteiger partial charge in [0.25, 0.3) is 0 Å². The van der Waals surface area contributed by atoms with Gasteiger partial charge in [-0.1, -0.05) is 0 Å². The van der Waals surface area contributed by atoms with E-state index in [1.54, 1.807) is 34.6 Å². The third-order valence-corrected chi connectivity index (χ3v) is 2.92. The molecule has 0 bridgehead atoms. The molecule has 7 heteroatoms. The van der Waals surface area contributed by atoms with Crippen molar-refractivity contribution in [1.82, 2.24) is 4.90 Å². The van der Waals surface area contributed by atoms with Crippen LogP contribution in [0.3, 0.4) is 0 Å². The van der Waals surface area contributed by atoms with Gasteiger partial charge in [-0.2, -0.15) is 0 Å². The molecule has 0 spiro atoms. The second kappa shape index (κ2) is 8.00. The Morgan fingerprint density at radius 3 is 1.82 bits per heavy atom. The van der Waals surface area contributed by atoms with Crippen LogP contribution in [-0.2, 0) is 23.8 Å². The number of hydrogen-bond acceptors (Lipinski definition) is 6. The molecule has 0 aliphatic rings. The van der Waals surface area contributed by atoms with E-state index in [0.717, 1.165) is 0 Å². The SMILES string of the molecule is COC(=O)CCN(C(=O)OC(C)(C)C)C(C)(C)CC(=O)OC. The normalized spacial score (nSPS) is 11.6. The number of methoxy groups -OCH3 is 2. The van der Waals surface area contributed by atoms with Crippen LogP contribution in [0.2, 0.25) is 0 Å². The molecule has 0 aromatic carbocycles. The Morgan fingerprint density at radius 1 is 0.909 bits per heavy atom. The number of esters is 2. The Kier molecular flexibility index (Phi) is 7.35. The Bertz CT molecular complexity index is 411. The quantitative estimate of drug-likeness (QED) is 0.551. The van der Waals surface area contributed by atoms with E-state index in [-0.39, 0.29) is 19.4 Å². The average molecular weight is 317 g/mol. The van der Waals surface area contributed by atoms with Crippen molar-refractivity contribution in [3.63, 3.8) is 0 Å². The molecule has 0 aromatic heterocycles. The van der Waals surface area contributed by atoms with Gasteiger partial charge in [-0.25, -0.2) is 4.79 Å². The molecule has 22 heavy (non-hydrogen) atoms. The zero-order valence-corrected chi connectivity index (χ0v) is 14.5. The smallest absolute Gasteiger partial charge is 0.410 e. The van der Waals surface area contributed by atoms with Crippen LogP contribution < -0.4 is 0 Å². The lowest BCUT2D eigenvalue weighted by atomic mass is 9.98. The highest BCUT2D eigenvalue weighted by Gasteiger charge is 2.36. The monoisotopic (exact) mass is 317 g/mol. The van der Waals surface area contributed by atoms with Gasteiger partial charge in [0, 0.05) is 6.54 Å². The second-order valence-corrected chi connectivity index (χ2v) is 6.52. The van der Waals surface area contributed by atoms with Gasteiger partial charge >= 0.3 is 18.0 Å². The van der Waals surface area contributed by atoms with Crippen LogP contribution in [0.25, 0.3) is 0 Å². The van der Waals surface area contributed by atoms with Gasteiger partial charge in [-0.3, -0.25) is 9.59 Å². The second-order valence-electron chi connectivity index (χ2n) is 6.52. The topological polar surface area (TPSA) is 82.1 Å². The average Bonchev–Trinajstić information content (AvgIpc) is 2.35. The molecule has 0 aliphatic heterocycles. The van der Waals surface area contributed by atoms with Crippen molar-refractivity contribution in [2.45, 2.75) is 58.6 Å². The van der Waals surface area contributed by atoms with Gasteiger partial charge in [0.05, 0.1) is 32.6 Å². The predicted molar refractivity (Wildman–Crippen MR) is 80.3 cm³/mol. The summed E-state index contributed by atoms with van der Waals surface area (Å²) in [7, 11) is 2.56. The fraction of sp³-hybridized carbons (Fsp3) is 0.800. The highest BCUT2D eigenvalue weighted by atomic mass is 16.6. The maximum Gasteiger partial charge on any atom is 0.410 e. The van der Waals surface area contributed by atoms with Crippen molar-refractivity contribution < 1.29 is 28.6 Å². The Labute approximate surface area is 131 Å². The molecule has 0 rings (SSSR count). The summed E-state index contributed by atoms with van der Waals surface area (Å²) in [6, 6.07) is 0. The number of carbonyl (C=O) groups excluding carboxylic acids is 3. The summed E-state index contributed by atoms with van der Waals surface area (Å²) in [6.07, 6.45) is -0.588. The van der Waals surface area contributed by atoms with Crippen LogP contribution in [-0.4, -0.2) is 54.8 Å². The standard InChI is InChI=1S/C15H27NO6/c1-14(2,3)22-13(19)16(9-8-11(17)20-6)15(4,5)10-12(18)21-7/h8-10H2,1-7H3. The largest absolute Gasteiger partial charge is 0.469 e. The molecule has 0 heterocycles. The molecule has 0 radical (unpaired) electrons. The number of amides is 1. The molecule has 0 N–H and O–H groups in total. The van der Waals surface area contributed by atoms with Gasteiger partial charge in [0.1, 0.15) is 5.60 Å². The van der Waals surface area contributed by atoms with Gasteiger partial charge < -0.3 is 19.1 Å². The lowest BCUT2D eigenvalue weighted by Gasteiger charge is -2.38. The minimum atomic E-state index is -0.858. The van der Waals surface area contributed by atoms with Gasteiger partial charge in [0.2, 0.25) is 0 Å². The first-order valence-electron chi connectivity index (χ1n) is 7.07. The zero-order chi connectivity index (χ0) is 17.6. The van der Waals surface area contributed by atoms with Gasteiger partial charge in [-0.05, 0) is 34.6 Å². The molecule has 0 atom stereocenters. The maximum atomic E-state index is 12.4. The molecule has 0 aromatic rings. The molecule has 1 amide bonds. The minimum absolute atomic E-state index is 0.0100. The third-order valence-electron chi connectivity index (χ3n) is 2.92. The Hall–Kier alpha value is -1.79. The fourth-order valence-corrected chi connectivity index (χ4v) is 1.78. The van der Waals surface area contributed by atoms with Crippen molar-refractivity contribution in [3.8, 4) is 0 Å². The van der Waals surface area contributed by atoms with Crippen molar-refractivity contribution >= 4 is 18.0 Å². The maximum absolute atomic E-state index is 12.4. The fourth-order valence-electron chi connectivity index (χ4n) is 1.78. The minimum Gasteiger partial charge on any atom is -0.469 e. The summed E-state index contributed by atoms with van der Waals surface area (Å²) in [4.78, 5) is 36.6. The van der Waals surface area contributed by atoms with Crippen LogP contribution in [0.15, 0.2) is 0 Å². The van der Waals surface area contributed by atoms with Crippen molar-refractivity contribution in [1.29, 1.82) is 0 Å². The van der Waals surface area contributed by atoms with Crippen LogP contribution in [0.1, 0.15) is 47.5 Å². The van der Waals surface area contributed by atoms with Crippen molar-refractivity contribution in [2.24, 2.45) is 0 Å². The first kappa shape index (κ1) is 20.2. The molecular formula is C15H27NO6. The zero-order valence-electron chi connectivity index (χ0n) is 14.5. The van der Waals surface area contributed by atoms with E-state index in [2.05, 4.69) is 9.47 Å². The first-order chi connectivity index (χ1) is 9.92. The number of rotatable bonds is 6. The van der Waals surface area contributed by atoms with Crippen LogP contribution in [0.5, 0.6) is 0 Å². The van der Waals surface area contributed by atoms with Crippen molar-refractivity contribution in [3.05, 3.63) is 0 Å². The lowest BCUT2D eigenvalue weighted by molar-refractivity contribution is -0.143. The Morgan fingerprint density at radius 2 is 1.41 bits per heavy atom. The summed E-state index contributed by atoms with van der Waals surface area (Å²) < 4.78 is 14.6. The van der Waals surface area contributed by atoms with Crippen LogP contribution >= 0.6 is 0 Å². The lowest BCUT2D eigenvalue weighted by Crippen LogP contribution is -2.51. The van der Waals surface area contributed by atoms with E-state index in [9.17, 15) is 14.4 Å². The van der Waals surface area contributed by atoms with Gasteiger partial charge in [-0.15, -0.1) is 0 Å². The van der Waals surface area contributed by atoms with E-state index >= 15 is 0 Å². The van der Waals surface area contributed by atoms with E-state index in [1.807, 2.05) is 0 Å². The van der Waals surface area contributed by atoms with E-state index in [4.69, 9.17) is 4.74 Å². The molecule has 7 nitrogen and oxygen atoms in total. The summed E-state index contributed by atoms with van der Waals surface area (Å²) in [6.45, 7) is 8.76. The molecule has 0 aliphatic carbocycles. The highest BCUT2D eigenvalue weighted by Crippen LogP contribution is 2.23. The number of carbonyl (C=O) groups is 3. The van der Waals surface area contributed by atoms with E-state index < -0.39 is 29.2 Å². The Balaban J connectivity index is 5.17. The summed E-state index contributed by atoms with van der Waals surface area (Å²) in [5.74, 6) is -0.890. The molecule has 128 valence electrons. The predicted octanol–water partition coefficient (Wildman–Crippen LogP) is 2.13. The summed E-state index contributed by atoms with van der Waals surface area (Å²) in [5, 5.41) is 0. The van der Waals surface area contributed by atoms with E-state index in [0.29, 0.717) is 0 Å². The third kappa shape index (κ3) is 7.28. The van der Waals surface area contributed by atoms with Crippen LogP contribution in [0.4, 0.5) is 4.79 Å².